The Morgan fingerprint density at radius 1 is 1.64 bits per heavy atom. The van der Waals surface area contributed by atoms with Crippen LogP contribution in [0.3, 0.4) is 0 Å². The summed E-state index contributed by atoms with van der Waals surface area (Å²) >= 11 is 0. The molecule has 0 spiro atoms. The number of rotatable bonds is 2. The van der Waals surface area contributed by atoms with Crippen molar-refractivity contribution in [1.29, 1.82) is 0 Å². The number of cyclic esters (lactones) is 1. The maximum atomic E-state index is 11.3. The second kappa shape index (κ2) is 3.82. The van der Waals surface area contributed by atoms with Crippen molar-refractivity contribution in [2.45, 2.75) is 19.8 Å². The van der Waals surface area contributed by atoms with Gasteiger partial charge in [-0.3, -0.25) is 0 Å². The minimum absolute atomic E-state index is 0.151. The summed E-state index contributed by atoms with van der Waals surface area (Å²) in [7, 11) is 0. The molecule has 0 saturated carbocycles. The zero-order valence-electron chi connectivity index (χ0n) is 8.32. The fourth-order valence-corrected chi connectivity index (χ4v) is 1.83. The number of fused-ring (bicyclic) bond motifs is 1. The number of carbonyl (C=O) groups is 1. The normalized spacial score (nSPS) is 27.5. The molecule has 0 radical (unpaired) electrons. The zero-order valence-corrected chi connectivity index (χ0v) is 8.32. The Kier molecular flexibility index (Phi) is 2.53. The van der Waals surface area contributed by atoms with Gasteiger partial charge in [0.1, 0.15) is 6.61 Å². The molecule has 1 aliphatic carbocycles. The van der Waals surface area contributed by atoms with E-state index in [2.05, 4.69) is 19.1 Å². The van der Waals surface area contributed by atoms with Gasteiger partial charge in [0, 0.05) is 5.57 Å². The minimum Gasteiger partial charge on any atom is -0.461 e. The van der Waals surface area contributed by atoms with E-state index >= 15 is 0 Å². The third kappa shape index (κ3) is 1.52. The van der Waals surface area contributed by atoms with Gasteiger partial charge in [-0.2, -0.15) is 0 Å². The smallest absolute Gasteiger partial charge is 0.334 e. The fraction of sp³-hybridized carbons (Fsp3) is 0.417. The van der Waals surface area contributed by atoms with Gasteiger partial charge >= 0.3 is 5.97 Å². The van der Waals surface area contributed by atoms with Crippen LogP contribution in [0, 0.1) is 5.92 Å². The molecule has 74 valence electrons. The molecular formula is C12H14O2. The SMILES string of the molecule is CCCC=C1C=CC=C2C(=O)OCC12. The molecule has 0 aromatic rings. The highest BCUT2D eigenvalue weighted by atomic mass is 16.5. The van der Waals surface area contributed by atoms with E-state index < -0.39 is 0 Å². The van der Waals surface area contributed by atoms with Gasteiger partial charge in [0.2, 0.25) is 0 Å². The molecular weight excluding hydrogens is 176 g/mol. The molecule has 0 aromatic carbocycles. The lowest BCUT2D eigenvalue weighted by molar-refractivity contribution is -0.135. The van der Waals surface area contributed by atoms with Gasteiger partial charge in [0.15, 0.2) is 0 Å². The van der Waals surface area contributed by atoms with Gasteiger partial charge in [0.05, 0.1) is 5.92 Å². The lowest BCUT2D eigenvalue weighted by atomic mass is 9.88. The van der Waals surface area contributed by atoms with Crippen LogP contribution in [0.5, 0.6) is 0 Å². The molecule has 2 heteroatoms. The van der Waals surface area contributed by atoms with Crippen LogP contribution in [-0.2, 0) is 9.53 Å². The number of hydrogen-bond donors (Lipinski definition) is 0. The Morgan fingerprint density at radius 3 is 3.29 bits per heavy atom. The third-order valence-corrected chi connectivity index (χ3v) is 2.63. The van der Waals surface area contributed by atoms with Crippen molar-refractivity contribution < 1.29 is 9.53 Å². The molecule has 0 bridgehead atoms. The summed E-state index contributed by atoms with van der Waals surface area (Å²) in [6, 6.07) is 0. The molecule has 1 unspecified atom stereocenters. The van der Waals surface area contributed by atoms with Crippen LogP contribution < -0.4 is 0 Å². The molecule has 1 saturated heterocycles. The predicted molar refractivity (Wildman–Crippen MR) is 54.7 cm³/mol. The van der Waals surface area contributed by atoms with Crippen LogP contribution in [0.2, 0.25) is 0 Å². The van der Waals surface area contributed by atoms with Gasteiger partial charge in [-0.15, -0.1) is 0 Å². The average molecular weight is 190 g/mol. The second-order valence-electron chi connectivity index (χ2n) is 3.62. The summed E-state index contributed by atoms with van der Waals surface area (Å²) < 4.78 is 5.02. The third-order valence-electron chi connectivity index (χ3n) is 2.63. The topological polar surface area (TPSA) is 26.3 Å². The summed E-state index contributed by atoms with van der Waals surface area (Å²) in [4.78, 5) is 11.3. The Labute approximate surface area is 83.9 Å². The lowest BCUT2D eigenvalue weighted by Crippen LogP contribution is -2.08. The first-order valence-electron chi connectivity index (χ1n) is 5.08. The number of hydrogen-bond acceptors (Lipinski definition) is 2. The van der Waals surface area contributed by atoms with Gasteiger partial charge in [-0.25, -0.2) is 4.79 Å². The van der Waals surface area contributed by atoms with E-state index in [1.807, 2.05) is 12.2 Å². The minimum atomic E-state index is -0.151. The zero-order chi connectivity index (χ0) is 9.97. The predicted octanol–water partition coefficient (Wildman–Crippen LogP) is 2.38. The first kappa shape index (κ1) is 9.25. The van der Waals surface area contributed by atoms with Gasteiger partial charge < -0.3 is 4.74 Å². The molecule has 0 aromatic heterocycles. The summed E-state index contributed by atoms with van der Waals surface area (Å²) in [5, 5.41) is 0. The molecule has 1 atom stereocenters. The van der Waals surface area contributed by atoms with Crippen molar-refractivity contribution in [2.75, 3.05) is 6.61 Å². The fourth-order valence-electron chi connectivity index (χ4n) is 1.83. The second-order valence-corrected chi connectivity index (χ2v) is 3.62. The first-order valence-corrected chi connectivity index (χ1v) is 5.08. The van der Waals surface area contributed by atoms with E-state index in [-0.39, 0.29) is 11.9 Å². The van der Waals surface area contributed by atoms with E-state index in [0.717, 1.165) is 18.4 Å². The van der Waals surface area contributed by atoms with Crippen LogP contribution in [-0.4, -0.2) is 12.6 Å². The van der Waals surface area contributed by atoms with E-state index in [1.165, 1.54) is 5.57 Å². The Hall–Kier alpha value is -1.31. The molecule has 14 heavy (non-hydrogen) atoms. The van der Waals surface area contributed by atoms with E-state index in [0.29, 0.717) is 6.61 Å². The lowest BCUT2D eigenvalue weighted by Gasteiger charge is -2.12. The van der Waals surface area contributed by atoms with Crippen LogP contribution in [0.1, 0.15) is 19.8 Å². The number of esters is 1. The van der Waals surface area contributed by atoms with Crippen molar-refractivity contribution in [3.63, 3.8) is 0 Å². The van der Waals surface area contributed by atoms with E-state index in [4.69, 9.17) is 4.74 Å². The van der Waals surface area contributed by atoms with Gasteiger partial charge in [-0.1, -0.05) is 37.6 Å². The molecule has 1 heterocycles. The largest absolute Gasteiger partial charge is 0.461 e. The maximum absolute atomic E-state index is 11.3. The highest BCUT2D eigenvalue weighted by Crippen LogP contribution is 2.32. The van der Waals surface area contributed by atoms with Crippen molar-refractivity contribution in [3.05, 3.63) is 35.5 Å². The standard InChI is InChI=1S/C12H14O2/c1-2-3-5-9-6-4-7-10-11(9)8-14-12(10)13/h4-7,11H,2-3,8H2,1H3. The van der Waals surface area contributed by atoms with Crippen molar-refractivity contribution in [3.8, 4) is 0 Å². The molecule has 0 N–H and O–H groups in total. The van der Waals surface area contributed by atoms with Crippen LogP contribution in [0.15, 0.2) is 35.5 Å². The van der Waals surface area contributed by atoms with Gasteiger partial charge in [0.25, 0.3) is 0 Å². The van der Waals surface area contributed by atoms with Crippen LogP contribution >= 0.6 is 0 Å². The molecule has 2 aliphatic rings. The number of carbonyl (C=O) groups excluding carboxylic acids is 1. The Bertz CT molecular complexity index is 334. The number of allylic oxidation sites excluding steroid dienone is 4. The van der Waals surface area contributed by atoms with Gasteiger partial charge in [-0.05, 0) is 12.0 Å². The summed E-state index contributed by atoms with van der Waals surface area (Å²) in [5.41, 5.74) is 2.05. The highest BCUT2D eigenvalue weighted by Gasteiger charge is 2.32. The molecule has 2 nitrogen and oxygen atoms in total. The molecule has 1 aliphatic heterocycles. The van der Waals surface area contributed by atoms with Crippen molar-refractivity contribution in [1.82, 2.24) is 0 Å². The molecule has 1 fully saturated rings. The average Bonchev–Trinajstić information content (AvgIpc) is 2.58. The molecule has 2 rings (SSSR count). The maximum Gasteiger partial charge on any atom is 0.334 e. The van der Waals surface area contributed by atoms with Crippen LogP contribution in [0.4, 0.5) is 0 Å². The number of unbranched alkanes of at least 4 members (excludes halogenated alkanes) is 1. The van der Waals surface area contributed by atoms with Crippen LogP contribution in [0.25, 0.3) is 0 Å². The number of ether oxygens (including phenoxy) is 1. The van der Waals surface area contributed by atoms with E-state index in [1.54, 1.807) is 0 Å². The van der Waals surface area contributed by atoms with E-state index in [9.17, 15) is 4.79 Å². The summed E-state index contributed by atoms with van der Waals surface area (Å²) in [5.74, 6) is 0.0424. The Morgan fingerprint density at radius 2 is 2.50 bits per heavy atom. The monoisotopic (exact) mass is 190 g/mol. The summed E-state index contributed by atoms with van der Waals surface area (Å²) in [6.07, 6.45) is 10.3. The quantitative estimate of drug-likeness (QED) is 0.625. The highest BCUT2D eigenvalue weighted by molar-refractivity contribution is 5.93. The summed E-state index contributed by atoms with van der Waals surface area (Å²) in [6.45, 7) is 2.67. The first-order chi connectivity index (χ1) is 6.83. The van der Waals surface area contributed by atoms with Crippen molar-refractivity contribution >= 4 is 5.97 Å². The molecule has 0 amide bonds. The van der Waals surface area contributed by atoms with Crippen molar-refractivity contribution in [2.24, 2.45) is 5.92 Å². The Balaban J connectivity index is 2.21.